The fourth-order valence-corrected chi connectivity index (χ4v) is 6.56. The fraction of sp³-hybridized carbons (Fsp3) is 0.500. The molecule has 0 N–H and O–H groups in total. The van der Waals surface area contributed by atoms with Crippen LogP contribution in [0.1, 0.15) is 55.7 Å². The molecule has 228 valence electrons. The third kappa shape index (κ3) is 6.35. The standard InChI is InChI=1S/C32H39ClN6O4/c1-21-15-36(20-35-21)16-22-9-11-38(17-22)30(40)26-18-37(12-13-39(26)31(41)43-32(2,3)4)29-25-8-7-24(33)14-27(25)42-19-23-6-5-10-34-28(23)29/h5-8,10,14-15,20,22,26,29H,9,11-13,16-19H2,1-4H3/t22-,26?,29-/m0/s1. The van der Waals surface area contributed by atoms with Crippen molar-refractivity contribution in [2.24, 2.45) is 5.92 Å². The molecular formula is C32H39ClN6O4. The van der Waals surface area contributed by atoms with Crippen molar-refractivity contribution >= 4 is 23.6 Å². The van der Waals surface area contributed by atoms with Crippen LogP contribution in [0.3, 0.4) is 0 Å². The number of benzene rings is 1. The molecule has 3 aliphatic heterocycles. The average Bonchev–Trinajstić information content (AvgIpc) is 3.56. The monoisotopic (exact) mass is 606 g/mol. The molecule has 43 heavy (non-hydrogen) atoms. The molecule has 5 heterocycles. The average molecular weight is 607 g/mol. The molecule has 0 radical (unpaired) electrons. The summed E-state index contributed by atoms with van der Waals surface area (Å²) < 4.78 is 14.1. The molecular weight excluding hydrogens is 568 g/mol. The zero-order valence-electron chi connectivity index (χ0n) is 25.2. The zero-order valence-corrected chi connectivity index (χ0v) is 26.0. The number of hydrogen-bond donors (Lipinski definition) is 0. The summed E-state index contributed by atoms with van der Waals surface area (Å²) in [5, 5.41) is 0.591. The van der Waals surface area contributed by atoms with E-state index in [0.29, 0.717) is 56.0 Å². The number of nitrogens with zero attached hydrogens (tertiary/aromatic N) is 6. The molecule has 2 fully saturated rings. The van der Waals surface area contributed by atoms with E-state index in [1.807, 2.05) is 75.5 Å². The number of likely N-dealkylation sites (tertiary alicyclic amines) is 1. The highest BCUT2D eigenvalue weighted by molar-refractivity contribution is 6.30. The largest absolute Gasteiger partial charge is 0.488 e. The molecule has 1 aromatic carbocycles. The highest BCUT2D eigenvalue weighted by Crippen LogP contribution is 2.41. The second-order valence-electron chi connectivity index (χ2n) is 12.8. The minimum Gasteiger partial charge on any atom is -0.488 e. The van der Waals surface area contributed by atoms with Gasteiger partial charge < -0.3 is 18.9 Å². The lowest BCUT2D eigenvalue weighted by atomic mass is 9.96. The van der Waals surface area contributed by atoms with Crippen LogP contribution in [-0.4, -0.2) is 85.6 Å². The van der Waals surface area contributed by atoms with Gasteiger partial charge in [-0.2, -0.15) is 0 Å². The Balaban J connectivity index is 1.29. The topological polar surface area (TPSA) is 93.0 Å². The van der Waals surface area contributed by atoms with E-state index in [1.54, 1.807) is 11.1 Å². The van der Waals surface area contributed by atoms with Gasteiger partial charge in [-0.3, -0.25) is 19.6 Å². The number of imidazole rings is 1. The molecule has 11 heteroatoms. The van der Waals surface area contributed by atoms with Crippen molar-refractivity contribution in [1.82, 2.24) is 29.2 Å². The van der Waals surface area contributed by atoms with E-state index in [2.05, 4.69) is 14.5 Å². The van der Waals surface area contributed by atoms with E-state index in [9.17, 15) is 9.59 Å². The maximum absolute atomic E-state index is 14.3. The molecule has 0 spiro atoms. The van der Waals surface area contributed by atoms with Crippen LogP contribution in [-0.2, 0) is 22.7 Å². The Bertz CT molecular complexity index is 1500. The van der Waals surface area contributed by atoms with Gasteiger partial charge in [-0.15, -0.1) is 0 Å². The van der Waals surface area contributed by atoms with Crippen LogP contribution in [0.2, 0.25) is 5.02 Å². The molecule has 2 saturated heterocycles. The number of hydrogen-bond acceptors (Lipinski definition) is 7. The zero-order chi connectivity index (χ0) is 30.3. The predicted octanol–water partition coefficient (Wildman–Crippen LogP) is 4.69. The van der Waals surface area contributed by atoms with E-state index in [-0.39, 0.29) is 11.9 Å². The third-order valence-electron chi connectivity index (χ3n) is 8.36. The van der Waals surface area contributed by atoms with Gasteiger partial charge in [0.1, 0.15) is 24.0 Å². The summed E-state index contributed by atoms with van der Waals surface area (Å²) in [6.45, 7) is 11.2. The van der Waals surface area contributed by atoms with Gasteiger partial charge >= 0.3 is 6.09 Å². The molecule has 6 rings (SSSR count). The third-order valence-corrected chi connectivity index (χ3v) is 8.59. The lowest BCUT2D eigenvalue weighted by molar-refractivity contribution is -0.138. The Morgan fingerprint density at radius 2 is 1.95 bits per heavy atom. The number of ether oxygens (including phenoxy) is 2. The Labute approximate surface area is 257 Å². The SMILES string of the molecule is Cc1cn(C[C@@H]2CCN(C(=O)C3CN([C@H]4c5ccc(Cl)cc5OCc5cccnc54)CCN3C(=O)OC(C)(C)C)C2)cn1. The molecule has 3 atom stereocenters. The number of piperazine rings is 1. The van der Waals surface area contributed by atoms with E-state index in [4.69, 9.17) is 26.1 Å². The second kappa shape index (κ2) is 11.8. The Morgan fingerprint density at radius 3 is 2.72 bits per heavy atom. The van der Waals surface area contributed by atoms with Gasteiger partial charge in [0.05, 0.1) is 23.8 Å². The summed E-state index contributed by atoms with van der Waals surface area (Å²) in [6, 6.07) is 8.63. The number of aryl methyl sites for hydroxylation is 1. The van der Waals surface area contributed by atoms with Gasteiger partial charge in [-0.25, -0.2) is 9.78 Å². The number of aromatic nitrogens is 3. The smallest absolute Gasteiger partial charge is 0.411 e. The predicted molar refractivity (Wildman–Crippen MR) is 162 cm³/mol. The summed E-state index contributed by atoms with van der Waals surface area (Å²) in [7, 11) is 0. The highest BCUT2D eigenvalue weighted by atomic mass is 35.5. The minimum absolute atomic E-state index is 0.0534. The van der Waals surface area contributed by atoms with E-state index < -0.39 is 17.7 Å². The van der Waals surface area contributed by atoms with Crippen LogP contribution < -0.4 is 4.74 Å². The minimum atomic E-state index is -0.704. The number of rotatable bonds is 4. The molecule has 10 nitrogen and oxygen atoms in total. The number of fused-ring (bicyclic) bond motifs is 2. The summed E-state index contributed by atoms with van der Waals surface area (Å²) in [5.41, 5.74) is 3.11. The van der Waals surface area contributed by atoms with Crippen molar-refractivity contribution in [3.8, 4) is 5.75 Å². The molecule has 2 amide bonds. The highest BCUT2D eigenvalue weighted by Gasteiger charge is 2.44. The molecule has 0 saturated carbocycles. The van der Waals surface area contributed by atoms with Crippen LogP contribution in [0.5, 0.6) is 5.75 Å². The number of carbonyl (C=O) groups excluding carboxylic acids is 2. The Kier molecular flexibility index (Phi) is 8.08. The van der Waals surface area contributed by atoms with E-state index in [1.165, 1.54) is 0 Å². The molecule has 2 aromatic heterocycles. The molecule has 0 bridgehead atoms. The first-order valence-corrected chi connectivity index (χ1v) is 15.3. The van der Waals surface area contributed by atoms with Gasteiger partial charge in [0.25, 0.3) is 0 Å². The van der Waals surface area contributed by atoms with Crippen molar-refractivity contribution in [3.05, 3.63) is 76.6 Å². The van der Waals surface area contributed by atoms with Crippen molar-refractivity contribution in [2.75, 3.05) is 32.7 Å². The Hall–Kier alpha value is -3.63. The van der Waals surface area contributed by atoms with Crippen LogP contribution in [0.25, 0.3) is 0 Å². The summed E-state index contributed by atoms with van der Waals surface area (Å²) >= 11 is 6.36. The molecule has 3 aliphatic rings. The van der Waals surface area contributed by atoms with Crippen LogP contribution in [0.4, 0.5) is 4.79 Å². The van der Waals surface area contributed by atoms with Crippen molar-refractivity contribution in [1.29, 1.82) is 0 Å². The lowest BCUT2D eigenvalue weighted by Gasteiger charge is -2.44. The molecule has 0 aliphatic carbocycles. The first-order chi connectivity index (χ1) is 20.6. The quantitative estimate of drug-likeness (QED) is 0.425. The Morgan fingerprint density at radius 1 is 1.12 bits per heavy atom. The van der Waals surface area contributed by atoms with Gasteiger partial charge in [-0.05, 0) is 58.2 Å². The molecule has 1 unspecified atom stereocenters. The second-order valence-corrected chi connectivity index (χ2v) is 13.2. The van der Waals surface area contributed by atoms with Crippen molar-refractivity contribution in [3.63, 3.8) is 0 Å². The van der Waals surface area contributed by atoms with Crippen LogP contribution in [0.15, 0.2) is 49.1 Å². The number of pyridine rings is 1. The van der Waals surface area contributed by atoms with Crippen molar-refractivity contribution in [2.45, 2.75) is 65.0 Å². The van der Waals surface area contributed by atoms with Gasteiger partial charge in [0, 0.05) is 67.8 Å². The summed E-state index contributed by atoms with van der Waals surface area (Å²) in [4.78, 5) is 42.7. The maximum atomic E-state index is 14.3. The van der Waals surface area contributed by atoms with Crippen LogP contribution >= 0.6 is 11.6 Å². The summed E-state index contributed by atoms with van der Waals surface area (Å²) in [5.74, 6) is 0.964. The summed E-state index contributed by atoms with van der Waals surface area (Å²) in [6.07, 6.45) is 6.10. The van der Waals surface area contributed by atoms with Gasteiger partial charge in [-0.1, -0.05) is 23.7 Å². The van der Waals surface area contributed by atoms with Gasteiger partial charge in [0.15, 0.2) is 0 Å². The lowest BCUT2D eigenvalue weighted by Crippen LogP contribution is -2.62. The normalized spacial score (nSPS) is 22.4. The fourth-order valence-electron chi connectivity index (χ4n) is 6.40. The van der Waals surface area contributed by atoms with E-state index >= 15 is 0 Å². The first-order valence-electron chi connectivity index (χ1n) is 14.9. The molecule has 3 aromatic rings. The number of amides is 2. The van der Waals surface area contributed by atoms with Gasteiger partial charge in [0.2, 0.25) is 5.91 Å². The van der Waals surface area contributed by atoms with Crippen LogP contribution in [0, 0.1) is 12.8 Å². The number of carbonyl (C=O) groups is 2. The number of halogens is 1. The first kappa shape index (κ1) is 29.4. The maximum Gasteiger partial charge on any atom is 0.411 e. The van der Waals surface area contributed by atoms with E-state index in [0.717, 1.165) is 35.5 Å². The van der Waals surface area contributed by atoms with Crippen molar-refractivity contribution < 1.29 is 19.1 Å².